The Balaban J connectivity index is 1.39. The molecular formula is C32H42N2O7. The number of amides is 2. The fraction of sp³-hybridized carbons (Fsp3) is 0.656. The Kier molecular flexibility index (Phi) is 8.10. The third-order valence-corrected chi connectivity index (χ3v) is 10.3. The lowest BCUT2D eigenvalue weighted by molar-refractivity contribution is -0.142. The Morgan fingerprint density at radius 2 is 1.95 bits per heavy atom. The Hall–Kier alpha value is -2.91. The molecule has 4 aliphatic carbocycles. The molecule has 0 spiro atoms. The number of ether oxygens (including phenoxy) is 2. The molecule has 7 atom stereocenters. The number of nitrogens with zero attached hydrogens (tertiary/aromatic N) is 1. The Bertz CT molecular complexity index is 1210. The Morgan fingerprint density at radius 3 is 2.61 bits per heavy atom. The summed E-state index contributed by atoms with van der Waals surface area (Å²) in [6.45, 7) is -0.146. The van der Waals surface area contributed by atoms with Gasteiger partial charge in [-0.1, -0.05) is 25.7 Å². The standard InChI is InChI=1S/C32H42N2O7/c1-40-26-14-19(17-36)13-23-28-24(32(39)33-9-10-35)16-25(29(38)31(28)41-30(23)26)34(22-5-3-2-4-6-22)27(37)15-21-12-18-7-8-20(21)11-18/h13-14,16-18,20-22,25,28-29,31,35,38H,2-12,15H2,1H3,(H,33,39)/t18?,20?,21?,25-,28+,29+,31+/m1/s1. The summed E-state index contributed by atoms with van der Waals surface area (Å²) in [7, 11) is 1.48. The van der Waals surface area contributed by atoms with Crippen LogP contribution in [0, 0.1) is 17.8 Å². The van der Waals surface area contributed by atoms with Crippen LogP contribution in [0.5, 0.6) is 11.5 Å². The monoisotopic (exact) mass is 566 g/mol. The zero-order chi connectivity index (χ0) is 28.7. The first-order chi connectivity index (χ1) is 19.9. The van der Waals surface area contributed by atoms with Gasteiger partial charge in [0.15, 0.2) is 11.5 Å². The van der Waals surface area contributed by atoms with Crippen LogP contribution in [-0.4, -0.2) is 77.8 Å². The smallest absolute Gasteiger partial charge is 0.247 e. The number of rotatable bonds is 9. The van der Waals surface area contributed by atoms with Crippen molar-refractivity contribution in [2.75, 3.05) is 20.3 Å². The van der Waals surface area contributed by atoms with E-state index in [1.165, 1.54) is 26.4 Å². The Labute approximate surface area is 241 Å². The van der Waals surface area contributed by atoms with Gasteiger partial charge in [-0.2, -0.15) is 0 Å². The maximum Gasteiger partial charge on any atom is 0.247 e. The quantitative estimate of drug-likeness (QED) is 0.392. The summed E-state index contributed by atoms with van der Waals surface area (Å²) in [5, 5.41) is 24.1. The molecule has 0 radical (unpaired) electrons. The number of hydrogen-bond donors (Lipinski definition) is 3. The normalized spacial score (nSPS) is 32.0. The van der Waals surface area contributed by atoms with Gasteiger partial charge < -0.3 is 29.9 Å². The average molecular weight is 567 g/mol. The van der Waals surface area contributed by atoms with Crippen LogP contribution < -0.4 is 14.8 Å². The highest BCUT2D eigenvalue weighted by Crippen LogP contribution is 2.53. The van der Waals surface area contributed by atoms with Crippen molar-refractivity contribution in [2.24, 2.45) is 17.8 Å². The molecule has 3 saturated carbocycles. The van der Waals surface area contributed by atoms with E-state index >= 15 is 0 Å². The van der Waals surface area contributed by atoms with Crippen molar-refractivity contribution < 1.29 is 34.1 Å². The molecule has 6 rings (SSSR count). The highest BCUT2D eigenvalue weighted by Gasteiger charge is 2.52. The summed E-state index contributed by atoms with van der Waals surface area (Å²) in [6, 6.07) is 2.51. The number of methoxy groups -OCH3 is 1. The van der Waals surface area contributed by atoms with E-state index in [0.717, 1.165) is 44.4 Å². The number of aldehydes is 1. The summed E-state index contributed by atoms with van der Waals surface area (Å²) in [5.74, 6) is 1.50. The average Bonchev–Trinajstić information content (AvgIpc) is 3.72. The minimum atomic E-state index is -1.09. The number of hydrogen-bond acceptors (Lipinski definition) is 7. The molecule has 1 heterocycles. The fourth-order valence-electron chi connectivity index (χ4n) is 8.46. The van der Waals surface area contributed by atoms with E-state index in [4.69, 9.17) is 9.47 Å². The molecular weight excluding hydrogens is 524 g/mol. The highest BCUT2D eigenvalue weighted by molar-refractivity contribution is 5.96. The molecule has 3 N–H and O–H groups in total. The number of aliphatic hydroxyl groups excluding tert-OH is 2. The SMILES string of the molecule is COc1cc(C=O)cc2c1O[C@@H]1[C@@H](O)[C@H](N(C(=O)CC3CC4CCC3C4)C3CCCCC3)C=C(C(=O)NCCO)[C@H]21. The molecule has 1 aliphatic heterocycles. The summed E-state index contributed by atoms with van der Waals surface area (Å²) in [4.78, 5) is 41.4. The van der Waals surface area contributed by atoms with Crippen LogP contribution in [-0.2, 0) is 9.59 Å². The number of benzene rings is 1. The number of carbonyl (C=O) groups is 3. The molecule has 2 bridgehead atoms. The molecule has 3 unspecified atom stereocenters. The van der Waals surface area contributed by atoms with Crippen molar-refractivity contribution in [1.29, 1.82) is 0 Å². The van der Waals surface area contributed by atoms with Gasteiger partial charge in [-0.3, -0.25) is 14.4 Å². The zero-order valence-corrected chi connectivity index (χ0v) is 23.8. The largest absolute Gasteiger partial charge is 0.493 e. The van der Waals surface area contributed by atoms with E-state index < -0.39 is 24.2 Å². The van der Waals surface area contributed by atoms with Crippen LogP contribution in [0.4, 0.5) is 0 Å². The summed E-state index contributed by atoms with van der Waals surface area (Å²) >= 11 is 0. The molecule has 41 heavy (non-hydrogen) atoms. The van der Waals surface area contributed by atoms with E-state index in [1.807, 2.05) is 4.90 Å². The number of carbonyl (C=O) groups excluding carboxylic acids is 3. The third kappa shape index (κ3) is 5.16. The number of fused-ring (bicyclic) bond motifs is 5. The predicted octanol–water partition coefficient (Wildman–Crippen LogP) is 3.12. The molecule has 0 saturated heterocycles. The third-order valence-electron chi connectivity index (χ3n) is 10.3. The van der Waals surface area contributed by atoms with Crippen molar-refractivity contribution in [3.8, 4) is 11.5 Å². The van der Waals surface area contributed by atoms with Gasteiger partial charge in [-0.25, -0.2) is 0 Å². The van der Waals surface area contributed by atoms with Crippen LogP contribution in [0.1, 0.15) is 86.0 Å². The second kappa shape index (κ2) is 11.8. The lowest BCUT2D eigenvalue weighted by atomic mass is 9.76. The van der Waals surface area contributed by atoms with Crippen molar-refractivity contribution in [3.05, 3.63) is 34.9 Å². The van der Waals surface area contributed by atoms with Gasteiger partial charge in [0.05, 0.1) is 25.7 Å². The lowest BCUT2D eigenvalue weighted by Gasteiger charge is -2.45. The summed E-state index contributed by atoms with van der Waals surface area (Å²) < 4.78 is 11.9. The fourth-order valence-corrected chi connectivity index (χ4v) is 8.46. The molecule has 9 heteroatoms. The van der Waals surface area contributed by atoms with Crippen LogP contribution >= 0.6 is 0 Å². The van der Waals surface area contributed by atoms with Gasteiger partial charge in [0.25, 0.3) is 0 Å². The van der Waals surface area contributed by atoms with E-state index in [9.17, 15) is 24.6 Å². The molecule has 0 aromatic heterocycles. The van der Waals surface area contributed by atoms with E-state index in [0.29, 0.717) is 52.7 Å². The first-order valence-electron chi connectivity index (χ1n) is 15.4. The molecule has 1 aromatic rings. The van der Waals surface area contributed by atoms with Gasteiger partial charge >= 0.3 is 0 Å². The van der Waals surface area contributed by atoms with Gasteiger partial charge in [-0.05, 0) is 68.1 Å². The van der Waals surface area contributed by atoms with Gasteiger partial charge in [0.2, 0.25) is 11.8 Å². The minimum Gasteiger partial charge on any atom is -0.493 e. The van der Waals surface area contributed by atoms with Crippen molar-refractivity contribution in [2.45, 2.75) is 94.4 Å². The second-order valence-corrected chi connectivity index (χ2v) is 12.6. The minimum absolute atomic E-state index is 0.0102. The van der Waals surface area contributed by atoms with Crippen LogP contribution in [0.25, 0.3) is 0 Å². The predicted molar refractivity (Wildman–Crippen MR) is 151 cm³/mol. The van der Waals surface area contributed by atoms with Crippen molar-refractivity contribution in [1.82, 2.24) is 10.2 Å². The van der Waals surface area contributed by atoms with Gasteiger partial charge in [0.1, 0.15) is 18.5 Å². The molecule has 5 aliphatic rings. The van der Waals surface area contributed by atoms with Crippen LogP contribution in [0.3, 0.4) is 0 Å². The Morgan fingerprint density at radius 1 is 1.15 bits per heavy atom. The first-order valence-corrected chi connectivity index (χ1v) is 15.4. The van der Waals surface area contributed by atoms with E-state index in [1.54, 1.807) is 18.2 Å². The molecule has 9 nitrogen and oxygen atoms in total. The zero-order valence-electron chi connectivity index (χ0n) is 23.8. The maximum atomic E-state index is 14.2. The van der Waals surface area contributed by atoms with Crippen LogP contribution in [0.2, 0.25) is 0 Å². The van der Waals surface area contributed by atoms with Crippen molar-refractivity contribution in [3.63, 3.8) is 0 Å². The number of nitrogens with one attached hydrogen (secondary N) is 1. The van der Waals surface area contributed by atoms with Gasteiger partial charge in [-0.15, -0.1) is 0 Å². The molecule has 222 valence electrons. The lowest BCUT2D eigenvalue weighted by Crippen LogP contribution is -2.59. The molecule has 1 aromatic carbocycles. The topological polar surface area (TPSA) is 125 Å². The summed E-state index contributed by atoms with van der Waals surface area (Å²) in [5.41, 5.74) is 1.34. The second-order valence-electron chi connectivity index (χ2n) is 12.6. The van der Waals surface area contributed by atoms with Crippen molar-refractivity contribution >= 4 is 18.1 Å². The van der Waals surface area contributed by atoms with Crippen LogP contribution in [0.15, 0.2) is 23.8 Å². The first kappa shape index (κ1) is 28.2. The maximum absolute atomic E-state index is 14.2. The molecule has 2 amide bonds. The summed E-state index contributed by atoms with van der Waals surface area (Å²) in [6.07, 6.45) is 10.8. The highest BCUT2D eigenvalue weighted by atomic mass is 16.5. The molecule has 3 fully saturated rings. The van der Waals surface area contributed by atoms with E-state index in [2.05, 4.69) is 5.32 Å². The van der Waals surface area contributed by atoms with E-state index in [-0.39, 0.29) is 31.0 Å². The van der Waals surface area contributed by atoms with Gasteiger partial charge in [0, 0.05) is 35.7 Å². The number of aliphatic hydroxyl groups is 2.